The third-order valence-electron chi connectivity index (χ3n) is 3.93. The number of hydrogen-bond acceptors (Lipinski definition) is 6. The van der Waals surface area contributed by atoms with Crippen molar-refractivity contribution in [2.75, 3.05) is 20.3 Å². The van der Waals surface area contributed by atoms with Gasteiger partial charge in [-0.2, -0.15) is 13.2 Å². The van der Waals surface area contributed by atoms with Crippen LogP contribution in [0.25, 0.3) is 6.08 Å². The summed E-state index contributed by atoms with van der Waals surface area (Å²) in [4.78, 5) is 23.2. The van der Waals surface area contributed by atoms with E-state index in [1.807, 2.05) is 0 Å². The van der Waals surface area contributed by atoms with Gasteiger partial charge in [0.25, 0.3) is 0 Å². The van der Waals surface area contributed by atoms with Gasteiger partial charge in [0.05, 0.1) is 30.7 Å². The monoisotopic (exact) mass is 474 g/mol. The number of carboxylic acids is 1. The zero-order chi connectivity index (χ0) is 23.9. The van der Waals surface area contributed by atoms with Gasteiger partial charge in [-0.3, -0.25) is 9.59 Å². The van der Waals surface area contributed by atoms with Gasteiger partial charge >= 0.3 is 12.1 Å². The van der Waals surface area contributed by atoms with E-state index in [2.05, 4.69) is 0 Å². The van der Waals surface area contributed by atoms with Crippen molar-refractivity contribution in [3.8, 4) is 23.0 Å². The molecule has 172 valence electrons. The number of para-hydroxylation sites is 1. The van der Waals surface area contributed by atoms with Crippen LogP contribution in [0.1, 0.15) is 22.3 Å². The first-order chi connectivity index (χ1) is 15.0. The molecule has 2 aromatic carbocycles. The molecule has 2 rings (SSSR count). The molecule has 0 fully saturated rings. The highest BCUT2D eigenvalue weighted by atomic mass is 35.5. The summed E-state index contributed by atoms with van der Waals surface area (Å²) in [7, 11) is 1.21. The zero-order valence-corrected chi connectivity index (χ0v) is 17.4. The van der Waals surface area contributed by atoms with Crippen molar-refractivity contribution in [3.05, 3.63) is 52.6 Å². The first kappa shape index (κ1) is 24.9. The Morgan fingerprint density at radius 2 is 1.84 bits per heavy atom. The fourth-order valence-electron chi connectivity index (χ4n) is 2.46. The van der Waals surface area contributed by atoms with Crippen LogP contribution in [-0.2, 0) is 4.79 Å². The summed E-state index contributed by atoms with van der Waals surface area (Å²) in [5.74, 6) is -2.56. The van der Waals surface area contributed by atoms with Gasteiger partial charge in [-0.25, -0.2) is 0 Å². The average molecular weight is 475 g/mol. The number of ether oxygens (including phenoxy) is 3. The van der Waals surface area contributed by atoms with Crippen LogP contribution in [0.3, 0.4) is 0 Å². The SMILES string of the molecule is COc1cc(/C=C/C(=O)c2cccc(Cl)c2O)c(OCCC(=O)O)cc1OCC(F)(F)F. The molecule has 2 aromatic rings. The minimum absolute atomic E-state index is 0.0187. The molecule has 0 aliphatic heterocycles. The molecule has 0 heterocycles. The molecule has 0 aromatic heterocycles. The molecule has 0 unspecified atom stereocenters. The molecule has 0 bridgehead atoms. The van der Waals surface area contributed by atoms with Gasteiger partial charge in [0.2, 0.25) is 0 Å². The summed E-state index contributed by atoms with van der Waals surface area (Å²) < 4.78 is 52.8. The van der Waals surface area contributed by atoms with Gasteiger partial charge in [-0.15, -0.1) is 0 Å². The maximum Gasteiger partial charge on any atom is 0.422 e. The third-order valence-corrected chi connectivity index (χ3v) is 4.23. The molecule has 0 aliphatic rings. The predicted octanol–water partition coefficient (Wildman–Crippen LogP) is 4.74. The number of carboxylic acid groups (broad SMARTS) is 1. The lowest BCUT2D eigenvalue weighted by Gasteiger charge is -2.16. The summed E-state index contributed by atoms with van der Waals surface area (Å²) >= 11 is 5.80. The van der Waals surface area contributed by atoms with Gasteiger partial charge in [-0.05, 0) is 30.4 Å². The number of phenols is 1. The lowest BCUT2D eigenvalue weighted by atomic mass is 10.1. The van der Waals surface area contributed by atoms with Crippen LogP contribution in [0.4, 0.5) is 13.2 Å². The summed E-state index contributed by atoms with van der Waals surface area (Å²) in [6.45, 7) is -1.87. The molecule has 0 saturated heterocycles. The summed E-state index contributed by atoms with van der Waals surface area (Å²) in [6, 6.07) is 6.60. The first-order valence-electron chi connectivity index (χ1n) is 8.98. The second-order valence-corrected chi connectivity index (χ2v) is 6.68. The van der Waals surface area contributed by atoms with E-state index in [9.17, 15) is 27.9 Å². The van der Waals surface area contributed by atoms with E-state index in [0.29, 0.717) is 0 Å². The van der Waals surface area contributed by atoms with Gasteiger partial charge in [0.1, 0.15) is 11.5 Å². The highest BCUT2D eigenvalue weighted by Gasteiger charge is 2.29. The molecule has 0 saturated carbocycles. The normalized spacial score (nSPS) is 11.4. The number of aromatic hydroxyl groups is 1. The molecular weight excluding hydrogens is 457 g/mol. The number of aliphatic carboxylic acids is 1. The first-order valence-corrected chi connectivity index (χ1v) is 9.35. The number of carbonyl (C=O) groups is 2. The van der Waals surface area contributed by atoms with Crippen LogP contribution >= 0.6 is 11.6 Å². The predicted molar refractivity (Wildman–Crippen MR) is 109 cm³/mol. The summed E-state index contributed by atoms with van der Waals surface area (Å²) in [5.41, 5.74) is 0.126. The van der Waals surface area contributed by atoms with E-state index in [0.717, 1.165) is 12.1 Å². The number of ketones is 1. The van der Waals surface area contributed by atoms with E-state index in [1.165, 1.54) is 37.5 Å². The van der Waals surface area contributed by atoms with E-state index in [1.54, 1.807) is 0 Å². The Morgan fingerprint density at radius 3 is 2.47 bits per heavy atom. The van der Waals surface area contributed by atoms with Crippen molar-refractivity contribution in [1.29, 1.82) is 0 Å². The Morgan fingerprint density at radius 1 is 1.12 bits per heavy atom. The van der Waals surface area contributed by atoms with E-state index < -0.39 is 30.3 Å². The molecule has 0 atom stereocenters. The zero-order valence-electron chi connectivity index (χ0n) is 16.6. The van der Waals surface area contributed by atoms with Crippen LogP contribution in [-0.4, -0.2) is 48.5 Å². The molecular formula is C21H18ClF3O7. The van der Waals surface area contributed by atoms with Crippen molar-refractivity contribution in [1.82, 2.24) is 0 Å². The van der Waals surface area contributed by atoms with Crippen molar-refractivity contribution < 1.29 is 47.2 Å². The van der Waals surface area contributed by atoms with Crippen molar-refractivity contribution in [2.24, 2.45) is 0 Å². The Kier molecular flexibility index (Phi) is 8.36. The van der Waals surface area contributed by atoms with Crippen molar-refractivity contribution in [3.63, 3.8) is 0 Å². The fourth-order valence-corrected chi connectivity index (χ4v) is 2.64. The quantitative estimate of drug-likeness (QED) is 0.378. The highest BCUT2D eigenvalue weighted by Crippen LogP contribution is 2.37. The van der Waals surface area contributed by atoms with Gasteiger partial charge in [0.15, 0.2) is 23.9 Å². The maximum absolute atomic E-state index is 12.5. The van der Waals surface area contributed by atoms with E-state index in [-0.39, 0.29) is 46.4 Å². The van der Waals surface area contributed by atoms with Crippen molar-refractivity contribution >= 4 is 29.4 Å². The number of alkyl halides is 3. The maximum atomic E-state index is 12.5. The Bertz CT molecular complexity index is 1020. The number of carbonyl (C=O) groups excluding carboxylic acids is 1. The number of allylic oxidation sites excluding steroid dienone is 1. The third kappa shape index (κ3) is 7.09. The Hall–Kier alpha value is -3.40. The van der Waals surface area contributed by atoms with E-state index >= 15 is 0 Å². The number of methoxy groups -OCH3 is 1. The number of rotatable bonds is 10. The number of phenolic OH excluding ortho intramolecular Hbond substituents is 1. The van der Waals surface area contributed by atoms with Crippen LogP contribution in [0.2, 0.25) is 5.02 Å². The van der Waals surface area contributed by atoms with E-state index in [4.69, 9.17) is 30.9 Å². The number of halogens is 4. The largest absolute Gasteiger partial charge is 0.506 e. The summed E-state index contributed by atoms with van der Waals surface area (Å²) in [5, 5.41) is 18.7. The Labute approximate surface area is 185 Å². The van der Waals surface area contributed by atoms with Crippen LogP contribution in [0, 0.1) is 0 Å². The van der Waals surface area contributed by atoms with Crippen molar-refractivity contribution in [2.45, 2.75) is 12.6 Å². The second-order valence-electron chi connectivity index (χ2n) is 6.27. The van der Waals surface area contributed by atoms with Crippen LogP contribution in [0.15, 0.2) is 36.4 Å². The fraction of sp³-hybridized carbons (Fsp3) is 0.238. The van der Waals surface area contributed by atoms with Gasteiger partial charge < -0.3 is 24.4 Å². The highest BCUT2D eigenvalue weighted by molar-refractivity contribution is 6.32. The molecule has 0 amide bonds. The Balaban J connectivity index is 2.39. The molecule has 11 heteroatoms. The molecule has 32 heavy (non-hydrogen) atoms. The van der Waals surface area contributed by atoms with Crippen LogP contribution in [0.5, 0.6) is 23.0 Å². The second kappa shape index (κ2) is 10.8. The molecule has 0 aliphatic carbocycles. The lowest BCUT2D eigenvalue weighted by Crippen LogP contribution is -2.19. The molecule has 2 N–H and O–H groups in total. The standard InChI is InChI=1S/C21H18ClF3O7/c1-30-17-9-12(5-6-15(26)13-3-2-4-14(22)20(13)29)16(31-8-7-19(27)28)10-18(17)32-11-21(23,24)25/h2-6,9-10,29H,7-8,11H2,1H3,(H,27,28)/b6-5+. The smallest absolute Gasteiger partial charge is 0.422 e. The minimum Gasteiger partial charge on any atom is -0.506 e. The summed E-state index contributed by atoms with van der Waals surface area (Å²) in [6.07, 6.45) is -2.61. The molecule has 7 nitrogen and oxygen atoms in total. The minimum atomic E-state index is -4.60. The molecule has 0 spiro atoms. The number of hydrogen-bond donors (Lipinski definition) is 2. The average Bonchev–Trinajstić information content (AvgIpc) is 2.72. The molecule has 0 radical (unpaired) electrons. The topological polar surface area (TPSA) is 102 Å². The van der Waals surface area contributed by atoms with Gasteiger partial charge in [0, 0.05) is 11.6 Å². The van der Waals surface area contributed by atoms with Crippen LogP contribution < -0.4 is 14.2 Å². The number of benzene rings is 2. The lowest BCUT2D eigenvalue weighted by molar-refractivity contribution is -0.153. The van der Waals surface area contributed by atoms with Gasteiger partial charge in [-0.1, -0.05) is 17.7 Å².